The Hall–Kier alpha value is -2.09. The van der Waals surface area contributed by atoms with Gasteiger partial charge in [-0.2, -0.15) is 13.2 Å². The van der Waals surface area contributed by atoms with Crippen molar-refractivity contribution in [2.24, 2.45) is 5.41 Å². The third-order valence-electron chi connectivity index (χ3n) is 7.40. The highest BCUT2D eigenvalue weighted by Crippen LogP contribution is 2.39. The third kappa shape index (κ3) is 7.21. The second kappa shape index (κ2) is 11.8. The van der Waals surface area contributed by atoms with Crippen LogP contribution in [0, 0.1) is 17.7 Å². The summed E-state index contributed by atoms with van der Waals surface area (Å²) in [5, 5.41) is 10.9. The van der Waals surface area contributed by atoms with Crippen molar-refractivity contribution in [1.82, 2.24) is 15.2 Å². The largest absolute Gasteiger partial charge is 0.431 e. The van der Waals surface area contributed by atoms with Crippen molar-refractivity contribution < 1.29 is 18.0 Å². The van der Waals surface area contributed by atoms with Gasteiger partial charge in [-0.1, -0.05) is 50.6 Å². The van der Waals surface area contributed by atoms with Crippen molar-refractivity contribution in [2.75, 3.05) is 13.1 Å². The molecule has 0 spiro atoms. The van der Waals surface area contributed by atoms with Crippen molar-refractivity contribution in [3.8, 4) is 0 Å². The van der Waals surface area contributed by atoms with Gasteiger partial charge in [-0.15, -0.1) is 0 Å². The van der Waals surface area contributed by atoms with Crippen LogP contribution in [0.4, 0.5) is 13.2 Å². The molecule has 0 atom stereocenters. The van der Waals surface area contributed by atoms with Gasteiger partial charge in [0.25, 0.3) is 5.91 Å². The SMILES string of the molecule is Cc1cncc(Cl)c1CCN(CC1(C)CCCC1)C(=O)/C(C=N)=C(/NC1CCCCC1)C(F)(F)F. The van der Waals surface area contributed by atoms with E-state index in [-0.39, 0.29) is 18.0 Å². The minimum Gasteiger partial charge on any atom is -0.378 e. The molecule has 1 amide bonds. The number of rotatable bonds is 9. The van der Waals surface area contributed by atoms with Crippen molar-refractivity contribution in [2.45, 2.75) is 90.3 Å². The molecule has 2 aliphatic carbocycles. The number of nitrogens with zero attached hydrogens (tertiary/aromatic N) is 2. The van der Waals surface area contributed by atoms with Crippen LogP contribution in [0.1, 0.15) is 75.8 Å². The summed E-state index contributed by atoms with van der Waals surface area (Å²) in [6.45, 7) is 4.52. The molecule has 2 saturated carbocycles. The molecule has 194 valence electrons. The van der Waals surface area contributed by atoms with E-state index in [1.54, 1.807) is 6.20 Å². The molecule has 0 radical (unpaired) electrons. The Morgan fingerprint density at radius 3 is 2.46 bits per heavy atom. The number of carbonyl (C=O) groups excluding carboxylic acids is 1. The van der Waals surface area contributed by atoms with E-state index < -0.39 is 23.4 Å². The third-order valence-corrected chi connectivity index (χ3v) is 7.73. The molecule has 0 saturated heterocycles. The average Bonchev–Trinajstić information content (AvgIpc) is 3.24. The number of amides is 1. The summed E-state index contributed by atoms with van der Waals surface area (Å²) in [5.41, 5.74) is -0.177. The standard InChI is InChI=1S/C26H36ClF3N4O/c1-18-15-32-16-22(27)20(18)10-13-34(17-25(2)11-6-7-12-25)24(35)21(14-31)23(26(28,29)30)33-19-8-4-3-5-9-19/h14-16,19,31,33H,3-13,17H2,1-2H3/b23-21+,31-14?. The molecular weight excluding hydrogens is 477 g/mol. The zero-order chi connectivity index (χ0) is 25.6. The second-order valence-corrected chi connectivity index (χ2v) is 10.7. The van der Waals surface area contributed by atoms with Gasteiger partial charge < -0.3 is 15.6 Å². The summed E-state index contributed by atoms with van der Waals surface area (Å²) in [5.74, 6) is -0.758. The van der Waals surface area contributed by atoms with Gasteiger partial charge in [-0.05, 0) is 55.6 Å². The molecule has 0 aliphatic heterocycles. The van der Waals surface area contributed by atoms with Gasteiger partial charge in [-0.3, -0.25) is 9.78 Å². The van der Waals surface area contributed by atoms with Crippen LogP contribution in [-0.2, 0) is 11.2 Å². The molecule has 1 aromatic rings. The first-order valence-corrected chi connectivity index (χ1v) is 12.9. The van der Waals surface area contributed by atoms with Crippen LogP contribution < -0.4 is 5.32 Å². The van der Waals surface area contributed by atoms with Crippen LogP contribution in [0.2, 0.25) is 5.02 Å². The highest BCUT2D eigenvalue weighted by atomic mass is 35.5. The number of carbonyl (C=O) groups is 1. The number of pyridine rings is 1. The fourth-order valence-electron chi connectivity index (χ4n) is 5.40. The number of aryl methyl sites for hydroxylation is 1. The van der Waals surface area contributed by atoms with Gasteiger partial charge in [0.1, 0.15) is 5.70 Å². The van der Waals surface area contributed by atoms with Crippen molar-refractivity contribution >= 4 is 23.7 Å². The van der Waals surface area contributed by atoms with Gasteiger partial charge in [0, 0.05) is 37.7 Å². The number of halogens is 4. The van der Waals surface area contributed by atoms with Crippen molar-refractivity contribution in [3.05, 3.63) is 39.8 Å². The van der Waals surface area contributed by atoms with E-state index in [4.69, 9.17) is 17.0 Å². The Morgan fingerprint density at radius 2 is 1.89 bits per heavy atom. The Kier molecular flexibility index (Phi) is 9.24. The number of hydrogen-bond acceptors (Lipinski definition) is 4. The Morgan fingerprint density at radius 1 is 1.23 bits per heavy atom. The van der Waals surface area contributed by atoms with E-state index in [1.807, 2.05) is 6.92 Å². The molecular formula is C26H36ClF3N4O. The number of hydrogen-bond donors (Lipinski definition) is 2. The predicted octanol–water partition coefficient (Wildman–Crippen LogP) is 6.38. The number of aromatic nitrogens is 1. The van der Waals surface area contributed by atoms with E-state index in [0.29, 0.717) is 37.0 Å². The molecule has 2 N–H and O–H groups in total. The summed E-state index contributed by atoms with van der Waals surface area (Å²) >= 11 is 6.33. The first-order valence-electron chi connectivity index (χ1n) is 12.5. The fraction of sp³-hybridized carbons (Fsp3) is 0.654. The summed E-state index contributed by atoms with van der Waals surface area (Å²) in [6, 6.07) is -0.345. The zero-order valence-corrected chi connectivity index (χ0v) is 21.4. The second-order valence-electron chi connectivity index (χ2n) is 10.3. The van der Waals surface area contributed by atoms with Crippen LogP contribution in [0.5, 0.6) is 0 Å². The summed E-state index contributed by atoms with van der Waals surface area (Å²) in [4.78, 5) is 19.2. The van der Waals surface area contributed by atoms with E-state index in [0.717, 1.165) is 56.1 Å². The lowest BCUT2D eigenvalue weighted by Crippen LogP contribution is -2.44. The Labute approximate surface area is 211 Å². The first-order chi connectivity index (χ1) is 16.5. The maximum Gasteiger partial charge on any atom is 0.431 e. The lowest BCUT2D eigenvalue weighted by atomic mass is 9.87. The minimum absolute atomic E-state index is 0.158. The molecule has 1 aromatic heterocycles. The normalized spacial score (nSPS) is 19.3. The van der Waals surface area contributed by atoms with E-state index in [1.165, 1.54) is 11.1 Å². The van der Waals surface area contributed by atoms with Gasteiger partial charge >= 0.3 is 6.18 Å². The predicted molar refractivity (Wildman–Crippen MR) is 133 cm³/mol. The first kappa shape index (κ1) is 27.5. The summed E-state index contributed by atoms with van der Waals surface area (Å²) in [6.07, 6.45) is 7.31. The number of alkyl halides is 3. The summed E-state index contributed by atoms with van der Waals surface area (Å²) < 4.78 is 42.5. The lowest BCUT2D eigenvalue weighted by Gasteiger charge is -2.34. The van der Waals surface area contributed by atoms with Crippen LogP contribution in [0.3, 0.4) is 0 Å². The molecule has 2 aliphatic rings. The molecule has 2 fully saturated rings. The Balaban J connectivity index is 1.93. The number of nitrogens with one attached hydrogen (secondary N) is 2. The lowest BCUT2D eigenvalue weighted by molar-refractivity contribution is -0.129. The highest BCUT2D eigenvalue weighted by Gasteiger charge is 2.41. The average molecular weight is 513 g/mol. The molecule has 0 bridgehead atoms. The smallest absolute Gasteiger partial charge is 0.378 e. The van der Waals surface area contributed by atoms with Crippen LogP contribution in [-0.4, -0.2) is 47.3 Å². The van der Waals surface area contributed by atoms with Gasteiger partial charge in [0.05, 0.1) is 10.6 Å². The Bertz CT molecular complexity index is 915. The number of allylic oxidation sites excluding steroid dienone is 1. The molecule has 35 heavy (non-hydrogen) atoms. The quantitative estimate of drug-likeness (QED) is 0.298. The van der Waals surface area contributed by atoms with Gasteiger partial charge in [0.15, 0.2) is 0 Å². The zero-order valence-electron chi connectivity index (χ0n) is 20.6. The van der Waals surface area contributed by atoms with Crippen LogP contribution in [0.15, 0.2) is 23.7 Å². The van der Waals surface area contributed by atoms with E-state index in [2.05, 4.69) is 17.2 Å². The molecule has 0 unspecified atom stereocenters. The topological polar surface area (TPSA) is 69.1 Å². The molecule has 5 nitrogen and oxygen atoms in total. The van der Waals surface area contributed by atoms with Gasteiger partial charge in [-0.25, -0.2) is 0 Å². The molecule has 0 aromatic carbocycles. The summed E-state index contributed by atoms with van der Waals surface area (Å²) in [7, 11) is 0. The monoisotopic (exact) mass is 512 g/mol. The van der Waals surface area contributed by atoms with Crippen LogP contribution >= 0.6 is 11.6 Å². The van der Waals surface area contributed by atoms with Crippen LogP contribution in [0.25, 0.3) is 0 Å². The van der Waals surface area contributed by atoms with Gasteiger partial charge in [0.2, 0.25) is 0 Å². The minimum atomic E-state index is -4.76. The molecule has 3 rings (SSSR count). The van der Waals surface area contributed by atoms with E-state index in [9.17, 15) is 18.0 Å². The highest BCUT2D eigenvalue weighted by molar-refractivity contribution is 6.31. The van der Waals surface area contributed by atoms with E-state index >= 15 is 0 Å². The molecule has 1 heterocycles. The maximum atomic E-state index is 14.2. The van der Waals surface area contributed by atoms with Crippen molar-refractivity contribution in [3.63, 3.8) is 0 Å². The molecule has 9 heteroatoms. The maximum absolute atomic E-state index is 14.2. The van der Waals surface area contributed by atoms with Crippen molar-refractivity contribution in [1.29, 1.82) is 5.41 Å². The fourth-order valence-corrected chi connectivity index (χ4v) is 5.70.